The number of carbonyl (C=O) groups is 3. The SMILES string of the molecule is CC(=O)N1CCc2c(c(N3CCCc4cc(-c5cnn(C)c5)c(C(F)F)cc43)nn2C2CC3(C2)CN(C(=O)C2CCN(c4ccc(C(=O)O)nn4)CC2)C3)C1. The van der Waals surface area contributed by atoms with Crippen molar-refractivity contribution in [3.63, 3.8) is 0 Å². The van der Waals surface area contributed by atoms with Gasteiger partial charge in [0.25, 0.3) is 6.43 Å². The molecular weight excluding hydrogens is 710 g/mol. The van der Waals surface area contributed by atoms with Crippen molar-refractivity contribution in [3.8, 4) is 11.1 Å². The number of carbonyl (C=O) groups excluding carboxylic acids is 2. The van der Waals surface area contributed by atoms with Gasteiger partial charge in [0, 0.05) is 105 Å². The van der Waals surface area contributed by atoms with Gasteiger partial charge in [-0.3, -0.25) is 19.0 Å². The molecule has 0 bridgehead atoms. The number of halogens is 2. The second-order valence-corrected chi connectivity index (χ2v) is 16.0. The van der Waals surface area contributed by atoms with Crippen molar-refractivity contribution >= 4 is 35.1 Å². The highest BCUT2D eigenvalue weighted by molar-refractivity contribution is 5.85. The van der Waals surface area contributed by atoms with Gasteiger partial charge in [-0.25, -0.2) is 13.6 Å². The zero-order valence-electron chi connectivity index (χ0n) is 31.0. The molecule has 14 nitrogen and oxygen atoms in total. The summed E-state index contributed by atoms with van der Waals surface area (Å²) >= 11 is 0. The molecule has 3 aromatic heterocycles. The van der Waals surface area contributed by atoms with E-state index in [0.29, 0.717) is 68.9 Å². The highest BCUT2D eigenvalue weighted by Gasteiger charge is 2.55. The quantitative estimate of drug-likeness (QED) is 0.280. The van der Waals surface area contributed by atoms with E-state index >= 15 is 0 Å². The van der Waals surface area contributed by atoms with Gasteiger partial charge in [-0.1, -0.05) is 0 Å². The molecule has 0 unspecified atom stereocenters. The lowest BCUT2D eigenvalue weighted by atomic mass is 9.60. The first-order chi connectivity index (χ1) is 26.5. The molecule has 5 aliphatic rings. The van der Waals surface area contributed by atoms with Crippen LogP contribution in [0.15, 0.2) is 36.7 Å². The Morgan fingerprint density at radius 1 is 0.982 bits per heavy atom. The number of carboxylic acids is 1. The molecule has 4 aliphatic heterocycles. The third-order valence-corrected chi connectivity index (χ3v) is 12.5. The highest BCUT2D eigenvalue weighted by atomic mass is 19.3. The molecule has 2 saturated heterocycles. The Bertz CT molecular complexity index is 2160. The minimum absolute atomic E-state index is 0.0000569. The topological polar surface area (TPSA) is 146 Å². The Kier molecular flexibility index (Phi) is 8.61. The Balaban J connectivity index is 0.904. The summed E-state index contributed by atoms with van der Waals surface area (Å²) in [5.41, 5.74) is 4.94. The molecule has 7 heterocycles. The van der Waals surface area contributed by atoms with E-state index in [0.717, 1.165) is 67.1 Å². The summed E-state index contributed by atoms with van der Waals surface area (Å²) in [6, 6.07) is 6.80. The first-order valence-electron chi connectivity index (χ1n) is 19.1. The van der Waals surface area contributed by atoms with Crippen LogP contribution in [0.4, 0.5) is 26.1 Å². The van der Waals surface area contributed by atoms with Gasteiger partial charge in [-0.15, -0.1) is 10.2 Å². The molecule has 4 aromatic rings. The van der Waals surface area contributed by atoms with Crippen molar-refractivity contribution < 1.29 is 28.3 Å². The van der Waals surface area contributed by atoms with E-state index in [1.807, 2.05) is 20.8 Å². The number of rotatable bonds is 7. The van der Waals surface area contributed by atoms with Gasteiger partial charge in [0.15, 0.2) is 17.3 Å². The molecule has 55 heavy (non-hydrogen) atoms. The van der Waals surface area contributed by atoms with Crippen molar-refractivity contribution in [3.05, 3.63) is 64.7 Å². The first kappa shape index (κ1) is 35.3. The largest absolute Gasteiger partial charge is 0.476 e. The molecule has 1 aliphatic carbocycles. The summed E-state index contributed by atoms with van der Waals surface area (Å²) in [7, 11) is 1.77. The van der Waals surface area contributed by atoms with Crippen LogP contribution in [0.25, 0.3) is 11.1 Å². The lowest BCUT2D eigenvalue weighted by molar-refractivity contribution is -0.159. The number of carboxylic acid groups (broad SMARTS) is 1. The van der Waals surface area contributed by atoms with Crippen molar-refractivity contribution in [1.29, 1.82) is 0 Å². The number of aromatic nitrogens is 6. The van der Waals surface area contributed by atoms with Gasteiger partial charge in [0.1, 0.15) is 0 Å². The zero-order valence-corrected chi connectivity index (χ0v) is 31.0. The van der Waals surface area contributed by atoms with Crippen LogP contribution < -0.4 is 9.80 Å². The molecule has 1 saturated carbocycles. The fourth-order valence-corrected chi connectivity index (χ4v) is 9.59. The van der Waals surface area contributed by atoms with Crippen LogP contribution in [-0.2, 0) is 36.0 Å². The third-order valence-electron chi connectivity index (χ3n) is 12.5. The summed E-state index contributed by atoms with van der Waals surface area (Å²) in [4.78, 5) is 45.2. The van der Waals surface area contributed by atoms with Crippen LogP contribution in [0.3, 0.4) is 0 Å². The molecule has 0 atom stereocenters. The molecule has 16 heteroatoms. The summed E-state index contributed by atoms with van der Waals surface area (Å²) in [6.07, 6.45) is 6.22. The average Bonchev–Trinajstić information content (AvgIpc) is 3.76. The Morgan fingerprint density at radius 2 is 1.76 bits per heavy atom. The van der Waals surface area contributed by atoms with Crippen molar-refractivity contribution in [2.24, 2.45) is 18.4 Å². The number of aryl methyl sites for hydroxylation is 2. The second-order valence-electron chi connectivity index (χ2n) is 16.0. The van der Waals surface area contributed by atoms with Gasteiger partial charge in [0.05, 0.1) is 18.8 Å². The number of hydrogen-bond acceptors (Lipinski definition) is 9. The maximum Gasteiger partial charge on any atom is 0.356 e. The maximum absolute atomic E-state index is 14.6. The predicted octanol–water partition coefficient (Wildman–Crippen LogP) is 4.78. The van der Waals surface area contributed by atoms with Gasteiger partial charge >= 0.3 is 5.97 Å². The normalized spacial score (nSPS) is 19.7. The van der Waals surface area contributed by atoms with Crippen LogP contribution in [0.5, 0.6) is 0 Å². The minimum Gasteiger partial charge on any atom is -0.476 e. The standard InChI is InChI=1S/C39H44F2N10O4/c1-23(52)48-13-9-32-30(20-48)36(50-10-3-4-25-14-28(26-18-42-46(2)19-26)29(35(40)41)15-33(25)50)45-51(32)27-16-39(17-27)21-49(22-39)37(53)24-7-11-47(12-8-24)34-6-5-31(38(54)55)43-44-34/h5-6,14-15,18-19,24,27,35H,3-4,7-13,16-17,20-22H2,1-2H3,(H,54,55). The molecule has 1 spiro atoms. The fourth-order valence-electron chi connectivity index (χ4n) is 9.59. The minimum atomic E-state index is -2.67. The number of hydrogen-bond donors (Lipinski definition) is 1. The summed E-state index contributed by atoms with van der Waals surface area (Å²) in [5, 5.41) is 26.5. The molecule has 2 amide bonds. The van der Waals surface area contributed by atoms with Gasteiger partial charge < -0.3 is 24.7 Å². The lowest BCUT2D eigenvalue weighted by Gasteiger charge is -2.59. The Labute approximate surface area is 316 Å². The van der Waals surface area contributed by atoms with Gasteiger partial charge in [-0.2, -0.15) is 10.2 Å². The molecule has 9 rings (SSSR count). The fraction of sp³-hybridized carbons (Fsp3) is 0.513. The second kappa shape index (κ2) is 13.4. The van der Waals surface area contributed by atoms with E-state index in [-0.39, 0.29) is 40.4 Å². The van der Waals surface area contributed by atoms with Crippen LogP contribution in [0.2, 0.25) is 0 Å². The third kappa shape index (κ3) is 6.18. The average molecular weight is 755 g/mol. The van der Waals surface area contributed by atoms with E-state index in [1.165, 1.54) is 6.07 Å². The van der Waals surface area contributed by atoms with Crippen molar-refractivity contribution in [2.45, 2.75) is 70.9 Å². The van der Waals surface area contributed by atoms with Crippen molar-refractivity contribution in [1.82, 2.24) is 39.6 Å². The smallest absolute Gasteiger partial charge is 0.356 e. The van der Waals surface area contributed by atoms with Crippen molar-refractivity contribution in [2.75, 3.05) is 49.1 Å². The number of benzene rings is 1. The van der Waals surface area contributed by atoms with Crippen LogP contribution in [0, 0.1) is 11.3 Å². The number of likely N-dealkylation sites (tertiary alicyclic amines) is 1. The first-order valence-corrected chi connectivity index (χ1v) is 19.1. The van der Waals surface area contributed by atoms with Crippen LogP contribution in [-0.4, -0.2) is 102 Å². The Morgan fingerprint density at radius 3 is 2.42 bits per heavy atom. The number of alkyl halides is 2. The van der Waals surface area contributed by atoms with Gasteiger partial charge in [0.2, 0.25) is 11.8 Å². The van der Waals surface area contributed by atoms with E-state index in [2.05, 4.69) is 24.9 Å². The predicted molar refractivity (Wildman–Crippen MR) is 197 cm³/mol. The molecular formula is C39H44F2N10O4. The number of anilines is 3. The number of piperidine rings is 1. The number of fused-ring (bicyclic) bond motifs is 2. The molecule has 0 radical (unpaired) electrons. The number of amides is 2. The lowest BCUT2D eigenvalue weighted by Crippen LogP contribution is -2.65. The molecule has 1 N–H and O–H groups in total. The summed E-state index contributed by atoms with van der Waals surface area (Å²) in [5.74, 6) is 0.394. The Hall–Kier alpha value is -5.41. The summed E-state index contributed by atoms with van der Waals surface area (Å²) in [6.45, 7) is 6.03. The monoisotopic (exact) mass is 754 g/mol. The molecule has 1 aromatic carbocycles. The zero-order chi connectivity index (χ0) is 38.2. The highest BCUT2D eigenvalue weighted by Crippen LogP contribution is 2.55. The van der Waals surface area contributed by atoms with Crippen LogP contribution in [0.1, 0.15) is 84.4 Å². The number of nitrogens with zero attached hydrogens (tertiary/aromatic N) is 10. The van der Waals surface area contributed by atoms with E-state index < -0.39 is 12.4 Å². The van der Waals surface area contributed by atoms with E-state index in [9.17, 15) is 23.2 Å². The molecule has 288 valence electrons. The maximum atomic E-state index is 14.6. The summed E-state index contributed by atoms with van der Waals surface area (Å²) < 4.78 is 33.1. The van der Waals surface area contributed by atoms with Crippen LogP contribution >= 0.6 is 0 Å². The van der Waals surface area contributed by atoms with Gasteiger partial charge in [-0.05, 0) is 73.9 Å². The van der Waals surface area contributed by atoms with E-state index in [4.69, 9.17) is 10.2 Å². The van der Waals surface area contributed by atoms with E-state index in [1.54, 1.807) is 43.2 Å². The molecule has 3 fully saturated rings. The number of aromatic carboxylic acids is 1.